The molecule has 7 aromatic rings. The molecule has 0 bridgehead atoms. The summed E-state index contributed by atoms with van der Waals surface area (Å²) in [6.45, 7) is 39.7. The topological polar surface area (TPSA) is 42.2 Å². The standard InChI is InChI=1S/C11H15ClO.C11H16O.C11H16.C10H10BrF3.C10H10ClN.C10H13Cl.C10H10F4/c1-11(2,3)8-5-6-9(12)10(7-8)13-4;1-11(2,3)9-6-5-7-10(8-9)12-4;1-9-6-5-7-10(8-9)11(2,3)4;1-6(2)7-3-4-9(11)8(5-7)10(12,13)14;1-7(2)8-3-4-10(11)9(5-8)6-12;1-7(2)9-4-5-10(11)8(3)6-9;1-6(2)7-3-4-9(11)8(5-7)10(12,13)14/h5-7H,1-4H3;5-8H,1-4H3;5-8H,1-4H3;3-6H,1-2H3;3-5,7H,1-2H3;4-7H,1-3H3;3-6H,1-2H3. The summed E-state index contributed by atoms with van der Waals surface area (Å²) in [4.78, 5) is 0. The Hall–Kier alpha value is -5.51. The third-order valence-corrected chi connectivity index (χ3v) is 15.1. The van der Waals surface area contributed by atoms with E-state index in [1.54, 1.807) is 40.2 Å². The molecule has 0 saturated carbocycles. The maximum Gasteiger partial charge on any atom is 0.419 e. The highest BCUT2D eigenvalue weighted by molar-refractivity contribution is 9.10. The highest BCUT2D eigenvalue weighted by atomic mass is 79.9. The van der Waals surface area contributed by atoms with E-state index in [2.05, 4.69) is 167 Å². The minimum Gasteiger partial charge on any atom is -0.497 e. The van der Waals surface area contributed by atoms with E-state index in [-0.39, 0.29) is 32.6 Å². The van der Waals surface area contributed by atoms with Crippen LogP contribution in [0.2, 0.25) is 15.1 Å². The largest absolute Gasteiger partial charge is 0.497 e. The molecule has 0 fully saturated rings. The Morgan fingerprint density at radius 3 is 1.26 bits per heavy atom. The lowest BCUT2D eigenvalue weighted by molar-refractivity contribution is -0.140. The minimum atomic E-state index is -4.62. The van der Waals surface area contributed by atoms with Gasteiger partial charge in [-0.1, -0.05) is 247 Å². The molecule has 0 unspecified atom stereocenters. The fraction of sp³-hybridized carbons (Fsp3) is 0.411. The second kappa shape index (κ2) is 35.6. The van der Waals surface area contributed by atoms with Crippen molar-refractivity contribution in [3.63, 3.8) is 0 Å². The highest BCUT2D eigenvalue weighted by Gasteiger charge is 2.35. The molecule has 0 heterocycles. The molecule has 0 radical (unpaired) electrons. The molecule has 7 aromatic carbocycles. The summed E-state index contributed by atoms with van der Waals surface area (Å²) in [7, 11) is 3.33. The summed E-state index contributed by atoms with van der Waals surface area (Å²) in [6, 6.07) is 44.0. The zero-order valence-corrected chi connectivity index (χ0v) is 58.4. The Balaban J connectivity index is 0.000000508. The first-order chi connectivity index (χ1) is 39.9. The number of ether oxygens (including phenoxy) is 2. The number of nitrogens with zero attached hydrogens (tertiary/aromatic N) is 1. The van der Waals surface area contributed by atoms with Gasteiger partial charge < -0.3 is 9.47 Å². The van der Waals surface area contributed by atoms with E-state index in [0.29, 0.717) is 38.6 Å². The van der Waals surface area contributed by atoms with Crippen molar-refractivity contribution in [2.45, 2.75) is 184 Å². The number of hydrogen-bond donors (Lipinski definition) is 0. The van der Waals surface area contributed by atoms with Crippen molar-refractivity contribution >= 4 is 50.7 Å². The second-order valence-electron chi connectivity index (χ2n) is 25.2. The summed E-state index contributed by atoms with van der Waals surface area (Å²) in [6.07, 6.45) is -8.90. The molecule has 0 N–H and O–H groups in total. The fourth-order valence-electron chi connectivity index (χ4n) is 7.58. The average molecular weight is 1330 g/mol. The zero-order valence-electron chi connectivity index (χ0n) is 54.5. The monoisotopic (exact) mass is 1330 g/mol. The molecule has 0 aliphatic carbocycles. The number of hydrogen-bond acceptors (Lipinski definition) is 3. The van der Waals surface area contributed by atoms with Crippen molar-refractivity contribution in [3.8, 4) is 17.6 Å². The van der Waals surface area contributed by atoms with Gasteiger partial charge in [-0.25, -0.2) is 4.39 Å². The van der Waals surface area contributed by atoms with Crippen LogP contribution in [0.15, 0.2) is 144 Å². The average Bonchev–Trinajstić information content (AvgIpc) is 3.14. The van der Waals surface area contributed by atoms with Gasteiger partial charge in [0.05, 0.1) is 41.0 Å². The molecule has 3 nitrogen and oxygen atoms in total. The van der Waals surface area contributed by atoms with Crippen LogP contribution < -0.4 is 9.47 Å². The van der Waals surface area contributed by atoms with E-state index in [1.807, 2.05) is 69.3 Å². The number of benzene rings is 7. The molecule has 0 aliphatic heterocycles. The second-order valence-corrected chi connectivity index (χ2v) is 27.2. The number of rotatable bonds is 6. The molecule has 0 saturated heterocycles. The Kier molecular flexibility index (Phi) is 32.6. The van der Waals surface area contributed by atoms with E-state index in [4.69, 9.17) is 49.5 Å². The first-order valence-electron chi connectivity index (χ1n) is 28.6. The third-order valence-electron chi connectivity index (χ3n) is 13.4. The number of aryl methyl sites for hydroxylation is 2. The van der Waals surface area contributed by atoms with Gasteiger partial charge >= 0.3 is 12.4 Å². The summed E-state index contributed by atoms with van der Waals surface area (Å²) in [5.74, 6) is 1.54. The molecule has 0 aromatic heterocycles. The molecule has 87 heavy (non-hydrogen) atoms. The van der Waals surface area contributed by atoms with E-state index >= 15 is 0 Å². The van der Waals surface area contributed by atoms with Crippen LogP contribution in [-0.4, -0.2) is 14.2 Å². The fourth-order valence-corrected chi connectivity index (χ4v) is 8.52. The smallest absolute Gasteiger partial charge is 0.419 e. The van der Waals surface area contributed by atoms with Crippen molar-refractivity contribution in [2.24, 2.45) is 0 Å². The van der Waals surface area contributed by atoms with Crippen LogP contribution >= 0.6 is 50.7 Å². The molecule has 476 valence electrons. The van der Waals surface area contributed by atoms with Gasteiger partial charge in [0.1, 0.15) is 23.4 Å². The Labute approximate surface area is 540 Å². The van der Waals surface area contributed by atoms with Crippen LogP contribution in [0.1, 0.15) is 208 Å². The van der Waals surface area contributed by atoms with Crippen LogP contribution in [0.4, 0.5) is 30.7 Å². The minimum absolute atomic E-state index is 0.0447. The van der Waals surface area contributed by atoms with Crippen LogP contribution in [0.3, 0.4) is 0 Å². The Morgan fingerprint density at radius 1 is 0.448 bits per heavy atom. The Morgan fingerprint density at radius 2 is 0.851 bits per heavy atom. The molecule has 7 rings (SSSR count). The number of halogens is 11. The summed E-state index contributed by atoms with van der Waals surface area (Å²) in [5, 5.41) is 10.7. The summed E-state index contributed by atoms with van der Waals surface area (Å²) < 4.78 is 97.3. The van der Waals surface area contributed by atoms with Crippen molar-refractivity contribution in [1.29, 1.82) is 5.26 Å². The first kappa shape index (κ1) is 79.5. The van der Waals surface area contributed by atoms with Gasteiger partial charge in [0.25, 0.3) is 0 Å². The molecule has 0 atom stereocenters. The van der Waals surface area contributed by atoms with E-state index < -0.39 is 29.3 Å². The maximum atomic E-state index is 12.8. The molecule has 0 aliphatic rings. The SMILES string of the molecule is CC(C)c1ccc(Br)c(C(F)(F)F)c1.CC(C)c1ccc(Cl)c(C#N)c1.CC(C)c1ccc(F)c(C(F)(F)F)c1.COc1cc(C(C)(C)C)ccc1Cl.COc1cccc(C(C)(C)C)c1.Cc1cc(C(C)C)ccc1Cl.Cc1cccc(C(C)(C)C)c1. The predicted molar refractivity (Wildman–Crippen MR) is 358 cm³/mol. The number of nitriles is 1. The highest BCUT2D eigenvalue weighted by Crippen LogP contribution is 2.37. The van der Waals surface area contributed by atoms with Gasteiger partial charge in [0.2, 0.25) is 0 Å². The third kappa shape index (κ3) is 28.7. The molecule has 0 amide bonds. The Bertz CT molecular complexity index is 3200. The van der Waals surface area contributed by atoms with E-state index in [9.17, 15) is 30.7 Å². The van der Waals surface area contributed by atoms with Crippen LogP contribution in [0.5, 0.6) is 11.5 Å². The lowest BCUT2D eigenvalue weighted by Crippen LogP contribution is -2.10. The summed E-state index contributed by atoms with van der Waals surface area (Å²) >= 11 is 20.5. The molecular formula is C73H90BrCl3F7NO2. The molecule has 14 heteroatoms. The van der Waals surface area contributed by atoms with Gasteiger partial charge in [-0.15, -0.1) is 0 Å². The first-order valence-corrected chi connectivity index (χ1v) is 30.6. The predicted octanol–water partition coefficient (Wildman–Crippen LogP) is 25.6. The lowest BCUT2D eigenvalue weighted by Gasteiger charge is -2.19. The van der Waals surface area contributed by atoms with Gasteiger partial charge in [0, 0.05) is 9.50 Å². The normalized spacial score (nSPS) is 11.4. The van der Waals surface area contributed by atoms with Crippen LogP contribution in [-0.2, 0) is 28.6 Å². The molecule has 0 spiro atoms. The van der Waals surface area contributed by atoms with Crippen molar-refractivity contribution in [1.82, 2.24) is 0 Å². The zero-order chi connectivity index (χ0) is 67.2. The lowest BCUT2D eigenvalue weighted by atomic mass is 9.86. The van der Waals surface area contributed by atoms with Crippen molar-refractivity contribution < 1.29 is 40.2 Å². The van der Waals surface area contributed by atoms with Crippen LogP contribution in [0.25, 0.3) is 0 Å². The van der Waals surface area contributed by atoms with Crippen molar-refractivity contribution in [2.75, 3.05) is 14.2 Å². The maximum absolute atomic E-state index is 12.8. The van der Waals surface area contributed by atoms with E-state index in [1.165, 1.54) is 46.0 Å². The van der Waals surface area contributed by atoms with Crippen molar-refractivity contribution in [3.05, 3.63) is 232 Å². The molecular weight excluding hydrogens is 1240 g/mol. The van der Waals surface area contributed by atoms with Gasteiger partial charge in [-0.2, -0.15) is 31.6 Å². The van der Waals surface area contributed by atoms with Gasteiger partial charge in [-0.05, 0) is 165 Å². The van der Waals surface area contributed by atoms with E-state index in [0.717, 1.165) is 39.8 Å². The quantitative estimate of drug-likeness (QED) is 0.156. The van der Waals surface area contributed by atoms with Gasteiger partial charge in [-0.3, -0.25) is 0 Å². The number of methoxy groups -OCH3 is 2. The van der Waals surface area contributed by atoms with Gasteiger partial charge in [0.15, 0.2) is 0 Å². The number of alkyl halides is 6. The summed E-state index contributed by atoms with van der Waals surface area (Å²) in [5.41, 5.74) is 9.53. The van der Waals surface area contributed by atoms with Crippen LogP contribution in [0, 0.1) is 31.0 Å².